The number of hydrogen-bond donors (Lipinski definition) is 2. The average Bonchev–Trinajstić information content (AvgIpc) is 2.94. The maximum absolute atomic E-state index is 14.3. The lowest BCUT2D eigenvalue weighted by molar-refractivity contribution is 0.0474. The molecule has 1 unspecified atom stereocenters. The van der Waals surface area contributed by atoms with Crippen molar-refractivity contribution >= 4 is 23.6 Å². The summed E-state index contributed by atoms with van der Waals surface area (Å²) in [7, 11) is 0. The van der Waals surface area contributed by atoms with Gasteiger partial charge in [0.1, 0.15) is 5.60 Å². The summed E-state index contributed by atoms with van der Waals surface area (Å²) in [4.78, 5) is 26.3. The van der Waals surface area contributed by atoms with Gasteiger partial charge in [0, 0.05) is 19.1 Å². The fraction of sp³-hybridized carbons (Fsp3) is 0.636. The van der Waals surface area contributed by atoms with Crippen molar-refractivity contribution < 1.29 is 23.8 Å². The van der Waals surface area contributed by atoms with Crippen LogP contribution in [0.15, 0.2) is 6.07 Å². The largest absolute Gasteiger partial charge is 0.504 e. The van der Waals surface area contributed by atoms with E-state index in [0.29, 0.717) is 30.5 Å². The minimum absolute atomic E-state index is 0.0117. The molecule has 2 aliphatic rings. The number of amides is 2. The number of alkyl carbamates (subject to hydrolysis) is 1. The summed E-state index contributed by atoms with van der Waals surface area (Å²) in [6.45, 7) is 8.35. The van der Waals surface area contributed by atoms with Gasteiger partial charge in [0.2, 0.25) is 0 Å². The Labute approximate surface area is 181 Å². The maximum Gasteiger partial charge on any atom is 0.407 e. The number of phenolic OH excluding ortho intramolecular Hbond substituents is 1. The number of halogens is 2. The molecule has 0 bridgehead atoms. The van der Waals surface area contributed by atoms with Crippen LogP contribution in [0.25, 0.3) is 0 Å². The van der Waals surface area contributed by atoms with Crippen LogP contribution < -0.4 is 5.32 Å². The molecule has 1 aromatic carbocycles. The molecule has 3 rings (SSSR count). The highest BCUT2D eigenvalue weighted by atomic mass is 35.5. The van der Waals surface area contributed by atoms with Gasteiger partial charge in [0.15, 0.2) is 11.6 Å². The molecule has 6 nitrogen and oxygen atoms in total. The Kier molecular flexibility index (Phi) is 6.51. The van der Waals surface area contributed by atoms with E-state index in [-0.39, 0.29) is 16.6 Å². The van der Waals surface area contributed by atoms with Crippen LogP contribution in [0.1, 0.15) is 69.3 Å². The Bertz CT molecular complexity index is 831. The van der Waals surface area contributed by atoms with Gasteiger partial charge in [-0.2, -0.15) is 0 Å². The number of fused-ring (bicyclic) bond motifs is 1. The molecule has 0 spiro atoms. The van der Waals surface area contributed by atoms with Crippen LogP contribution in [0.2, 0.25) is 5.02 Å². The molecule has 8 heteroatoms. The van der Waals surface area contributed by atoms with Crippen molar-refractivity contribution in [3.05, 3.63) is 28.0 Å². The first-order valence-corrected chi connectivity index (χ1v) is 10.8. The minimum Gasteiger partial charge on any atom is -0.504 e. The standard InChI is InChI=1S/C22H30ClFN2O4/c1-12(25-21(29)30-22(2,3)4)14-7-5-13(6-8-14)10-26-11-15-9-16(23)19(27)18(24)17(15)20(26)28/h9,12-14,27H,5-8,10-11H2,1-4H3,(H,25,29)/t12?,13-,14-. The molecule has 1 saturated carbocycles. The van der Waals surface area contributed by atoms with E-state index in [1.54, 1.807) is 4.90 Å². The normalized spacial score (nSPS) is 22.6. The van der Waals surface area contributed by atoms with Crippen molar-refractivity contribution in [2.75, 3.05) is 6.54 Å². The van der Waals surface area contributed by atoms with E-state index in [1.165, 1.54) is 6.07 Å². The fourth-order valence-corrected chi connectivity index (χ4v) is 4.61. The van der Waals surface area contributed by atoms with E-state index < -0.39 is 29.2 Å². The molecule has 2 N–H and O–H groups in total. The Balaban J connectivity index is 1.51. The summed E-state index contributed by atoms with van der Waals surface area (Å²) in [6.07, 6.45) is 3.34. The second-order valence-electron chi connectivity index (χ2n) is 9.46. The molecule has 1 aromatic rings. The first kappa shape index (κ1) is 22.7. The highest BCUT2D eigenvalue weighted by Crippen LogP contribution is 2.38. The van der Waals surface area contributed by atoms with Crippen molar-refractivity contribution in [3.63, 3.8) is 0 Å². The van der Waals surface area contributed by atoms with Crippen molar-refractivity contribution in [2.24, 2.45) is 11.8 Å². The number of benzene rings is 1. The zero-order chi connectivity index (χ0) is 22.2. The van der Waals surface area contributed by atoms with Gasteiger partial charge < -0.3 is 20.1 Å². The molecular weight excluding hydrogens is 411 g/mol. The molecule has 0 aromatic heterocycles. The van der Waals surface area contributed by atoms with Gasteiger partial charge in [0.05, 0.1) is 10.6 Å². The SMILES string of the molecule is CC(NC(=O)OC(C)(C)C)[C@H]1CC[C@H](CN2Cc3cc(Cl)c(O)c(F)c3C2=O)CC1. The molecule has 0 radical (unpaired) electrons. The van der Waals surface area contributed by atoms with Crippen LogP contribution in [0.5, 0.6) is 5.75 Å². The first-order chi connectivity index (χ1) is 14.0. The third-order valence-electron chi connectivity index (χ3n) is 5.96. The van der Waals surface area contributed by atoms with E-state index >= 15 is 0 Å². The molecule has 0 saturated heterocycles. The Hall–Kier alpha value is -2.02. The molecule has 1 aliphatic heterocycles. The second-order valence-corrected chi connectivity index (χ2v) is 9.86. The van der Waals surface area contributed by atoms with Crippen LogP contribution in [0, 0.1) is 17.7 Å². The number of carbonyl (C=O) groups is 2. The number of phenols is 1. The molecule has 166 valence electrons. The fourth-order valence-electron chi connectivity index (χ4n) is 4.39. The van der Waals surface area contributed by atoms with Crippen LogP contribution in [-0.2, 0) is 11.3 Å². The van der Waals surface area contributed by atoms with Gasteiger partial charge in [-0.05, 0) is 76.8 Å². The molecule has 1 heterocycles. The van der Waals surface area contributed by atoms with Crippen molar-refractivity contribution in [1.82, 2.24) is 10.2 Å². The monoisotopic (exact) mass is 440 g/mol. The smallest absolute Gasteiger partial charge is 0.407 e. The van der Waals surface area contributed by atoms with E-state index in [1.807, 2.05) is 27.7 Å². The highest BCUT2D eigenvalue weighted by molar-refractivity contribution is 6.32. The summed E-state index contributed by atoms with van der Waals surface area (Å²) >= 11 is 5.84. The summed E-state index contributed by atoms with van der Waals surface area (Å²) in [5.41, 5.74) is -0.0770. The molecule has 1 atom stereocenters. The number of aromatic hydroxyl groups is 1. The predicted molar refractivity (Wildman–Crippen MR) is 112 cm³/mol. The summed E-state index contributed by atoms with van der Waals surface area (Å²) < 4.78 is 19.6. The van der Waals surface area contributed by atoms with Crippen LogP contribution in [0.4, 0.5) is 9.18 Å². The summed E-state index contributed by atoms with van der Waals surface area (Å²) in [5, 5.41) is 12.5. The van der Waals surface area contributed by atoms with Crippen molar-refractivity contribution in [2.45, 2.75) is 71.6 Å². The first-order valence-electron chi connectivity index (χ1n) is 10.4. The van der Waals surface area contributed by atoms with Gasteiger partial charge in [-0.3, -0.25) is 4.79 Å². The molecule has 30 heavy (non-hydrogen) atoms. The second kappa shape index (κ2) is 8.61. The van der Waals surface area contributed by atoms with E-state index in [9.17, 15) is 19.1 Å². The quantitative estimate of drug-likeness (QED) is 0.700. The third-order valence-corrected chi connectivity index (χ3v) is 6.25. The van der Waals surface area contributed by atoms with Gasteiger partial charge in [-0.1, -0.05) is 11.6 Å². The van der Waals surface area contributed by atoms with Crippen molar-refractivity contribution in [1.29, 1.82) is 0 Å². The Morgan fingerprint density at radius 3 is 2.60 bits per heavy atom. The maximum atomic E-state index is 14.3. The summed E-state index contributed by atoms with van der Waals surface area (Å²) in [6, 6.07) is 1.48. The number of hydrogen-bond acceptors (Lipinski definition) is 4. The molecule has 1 fully saturated rings. The Morgan fingerprint density at radius 2 is 2.00 bits per heavy atom. The van der Waals surface area contributed by atoms with E-state index in [2.05, 4.69) is 5.32 Å². The highest BCUT2D eigenvalue weighted by Gasteiger charge is 2.35. The lowest BCUT2D eigenvalue weighted by Gasteiger charge is -2.34. The number of nitrogens with one attached hydrogen (secondary N) is 1. The van der Waals surface area contributed by atoms with Gasteiger partial charge >= 0.3 is 6.09 Å². The number of nitrogens with zero attached hydrogens (tertiary/aromatic N) is 1. The topological polar surface area (TPSA) is 78.9 Å². The zero-order valence-corrected chi connectivity index (χ0v) is 18.7. The van der Waals surface area contributed by atoms with E-state index in [4.69, 9.17) is 16.3 Å². The van der Waals surface area contributed by atoms with Crippen molar-refractivity contribution in [3.8, 4) is 5.75 Å². The number of carbonyl (C=O) groups excluding carboxylic acids is 2. The van der Waals surface area contributed by atoms with Gasteiger partial charge in [-0.15, -0.1) is 0 Å². The van der Waals surface area contributed by atoms with Crippen LogP contribution in [-0.4, -0.2) is 40.2 Å². The lowest BCUT2D eigenvalue weighted by Crippen LogP contribution is -2.43. The zero-order valence-electron chi connectivity index (χ0n) is 17.9. The lowest BCUT2D eigenvalue weighted by atomic mass is 9.78. The number of ether oxygens (including phenoxy) is 1. The third kappa shape index (κ3) is 4.99. The Morgan fingerprint density at radius 1 is 1.37 bits per heavy atom. The predicted octanol–water partition coefficient (Wildman–Crippen LogP) is 4.86. The summed E-state index contributed by atoms with van der Waals surface area (Å²) in [5.74, 6) is -1.32. The molecule has 1 aliphatic carbocycles. The minimum atomic E-state index is -0.934. The average molecular weight is 441 g/mol. The number of rotatable bonds is 4. The van der Waals surface area contributed by atoms with Gasteiger partial charge in [0.25, 0.3) is 5.91 Å². The molecular formula is C22H30ClFN2O4. The van der Waals surface area contributed by atoms with Crippen LogP contribution in [0.3, 0.4) is 0 Å². The van der Waals surface area contributed by atoms with Gasteiger partial charge in [-0.25, -0.2) is 9.18 Å². The van der Waals surface area contributed by atoms with E-state index in [0.717, 1.165) is 25.7 Å². The van der Waals surface area contributed by atoms with Crippen LogP contribution >= 0.6 is 11.6 Å². The molecule has 2 amide bonds.